The molecule has 15 heavy (non-hydrogen) atoms. The Kier molecular flexibility index (Phi) is 7.77. The molecule has 0 atom stereocenters. The van der Waals surface area contributed by atoms with E-state index in [0.717, 1.165) is 13.1 Å². The maximum absolute atomic E-state index is 10.8. The second-order valence-electron chi connectivity index (χ2n) is 2.87. The summed E-state index contributed by atoms with van der Waals surface area (Å²) in [5.74, 6) is -0.168. The number of nitrogens with one attached hydrogen (secondary N) is 1. The summed E-state index contributed by atoms with van der Waals surface area (Å²) < 4.78 is 0. The first-order valence-electron chi connectivity index (χ1n) is 4.77. The van der Waals surface area contributed by atoms with Gasteiger partial charge in [-0.25, -0.2) is 0 Å². The molecule has 0 unspecified atom stereocenters. The molecule has 1 N–H and O–H groups in total. The van der Waals surface area contributed by atoms with E-state index in [0.29, 0.717) is 6.54 Å². The van der Waals surface area contributed by atoms with Crippen LogP contribution in [-0.2, 0) is 4.79 Å². The topological polar surface area (TPSA) is 32.3 Å². The molecule has 3 nitrogen and oxygen atoms in total. The van der Waals surface area contributed by atoms with E-state index in [9.17, 15) is 4.79 Å². The zero-order valence-corrected chi connectivity index (χ0v) is 8.98. The van der Waals surface area contributed by atoms with Gasteiger partial charge < -0.3 is 10.2 Å². The molecule has 1 amide bonds. The van der Waals surface area contributed by atoms with Crippen LogP contribution in [0.2, 0.25) is 0 Å². The van der Waals surface area contributed by atoms with Crippen LogP contribution in [0.3, 0.4) is 0 Å². The zero-order valence-electron chi connectivity index (χ0n) is 8.98. The largest absolute Gasteiger partial charge is 0.370 e. The van der Waals surface area contributed by atoms with Crippen molar-refractivity contribution in [3.8, 4) is 0 Å². The SMILES string of the molecule is C=CCN(C=CCNC(=O)C=C)CC=C. The van der Waals surface area contributed by atoms with Crippen molar-refractivity contribution in [2.75, 3.05) is 19.6 Å². The lowest BCUT2D eigenvalue weighted by atomic mass is 10.4. The second-order valence-corrected chi connectivity index (χ2v) is 2.87. The van der Waals surface area contributed by atoms with Gasteiger partial charge in [0.15, 0.2) is 0 Å². The lowest BCUT2D eigenvalue weighted by Crippen LogP contribution is -2.22. The molecule has 0 radical (unpaired) electrons. The van der Waals surface area contributed by atoms with Gasteiger partial charge in [0.2, 0.25) is 5.91 Å². The molecule has 0 rings (SSSR count). The smallest absolute Gasteiger partial charge is 0.243 e. The summed E-state index contributed by atoms with van der Waals surface area (Å²) in [5, 5.41) is 2.65. The molecule has 0 aromatic rings. The van der Waals surface area contributed by atoms with E-state index < -0.39 is 0 Å². The van der Waals surface area contributed by atoms with Crippen LogP contribution >= 0.6 is 0 Å². The number of amides is 1. The first-order valence-corrected chi connectivity index (χ1v) is 4.77. The lowest BCUT2D eigenvalue weighted by molar-refractivity contribution is -0.116. The van der Waals surface area contributed by atoms with Crippen LogP contribution in [0.1, 0.15) is 0 Å². The Morgan fingerprint density at radius 1 is 1.20 bits per heavy atom. The third-order valence-corrected chi connectivity index (χ3v) is 1.62. The molecule has 0 fully saturated rings. The molecule has 0 saturated carbocycles. The van der Waals surface area contributed by atoms with E-state index in [1.165, 1.54) is 6.08 Å². The molecule has 0 aromatic heterocycles. The zero-order chi connectivity index (χ0) is 11.5. The van der Waals surface area contributed by atoms with Crippen LogP contribution in [0.5, 0.6) is 0 Å². The molecule has 0 saturated heterocycles. The number of hydrogen-bond acceptors (Lipinski definition) is 2. The molecule has 0 aliphatic heterocycles. The van der Waals surface area contributed by atoms with E-state index in [2.05, 4.69) is 25.1 Å². The van der Waals surface area contributed by atoms with Crippen molar-refractivity contribution in [2.45, 2.75) is 0 Å². The van der Waals surface area contributed by atoms with Gasteiger partial charge in [-0.05, 0) is 18.4 Å². The maximum Gasteiger partial charge on any atom is 0.243 e. The summed E-state index contributed by atoms with van der Waals surface area (Å²) in [5.41, 5.74) is 0. The quantitative estimate of drug-likeness (QED) is 0.482. The van der Waals surface area contributed by atoms with Crippen LogP contribution in [-0.4, -0.2) is 30.4 Å². The highest BCUT2D eigenvalue weighted by molar-refractivity contribution is 5.86. The van der Waals surface area contributed by atoms with Crippen LogP contribution in [0.25, 0.3) is 0 Å². The Labute approximate surface area is 91.5 Å². The molecule has 0 aliphatic rings. The molecule has 0 aromatic carbocycles. The van der Waals surface area contributed by atoms with Gasteiger partial charge in [0.25, 0.3) is 0 Å². The first kappa shape index (κ1) is 13.2. The monoisotopic (exact) mass is 206 g/mol. The standard InChI is InChI=1S/C12H18N2O/c1-4-9-14(10-5-2)11-7-8-13-12(15)6-3/h4-7,11H,1-3,8-10H2,(H,13,15). The van der Waals surface area contributed by atoms with Crippen molar-refractivity contribution in [3.05, 3.63) is 50.2 Å². The fourth-order valence-electron chi connectivity index (χ4n) is 0.961. The van der Waals surface area contributed by atoms with Crippen molar-refractivity contribution in [3.63, 3.8) is 0 Å². The van der Waals surface area contributed by atoms with Crippen molar-refractivity contribution in [2.24, 2.45) is 0 Å². The Morgan fingerprint density at radius 2 is 1.80 bits per heavy atom. The summed E-state index contributed by atoms with van der Waals surface area (Å²) in [6.07, 6.45) is 8.66. The normalized spacial score (nSPS) is 9.60. The minimum absolute atomic E-state index is 0.168. The summed E-state index contributed by atoms with van der Waals surface area (Å²) in [6, 6.07) is 0. The first-order chi connectivity index (χ1) is 7.24. The summed E-state index contributed by atoms with van der Waals surface area (Å²) in [6.45, 7) is 12.7. The van der Waals surface area contributed by atoms with Crippen LogP contribution in [0, 0.1) is 0 Å². The number of rotatable bonds is 8. The van der Waals surface area contributed by atoms with Crippen molar-refractivity contribution in [1.82, 2.24) is 10.2 Å². The minimum Gasteiger partial charge on any atom is -0.370 e. The number of carbonyl (C=O) groups excluding carboxylic acids is 1. The highest BCUT2D eigenvalue weighted by Gasteiger charge is 1.92. The Bertz CT molecular complexity index is 246. The number of carbonyl (C=O) groups is 1. The molecular weight excluding hydrogens is 188 g/mol. The fraction of sp³-hybridized carbons (Fsp3) is 0.250. The van der Waals surface area contributed by atoms with Crippen molar-refractivity contribution < 1.29 is 4.79 Å². The Balaban J connectivity index is 3.87. The third-order valence-electron chi connectivity index (χ3n) is 1.62. The highest BCUT2D eigenvalue weighted by Crippen LogP contribution is 1.90. The van der Waals surface area contributed by atoms with E-state index in [-0.39, 0.29) is 5.91 Å². The average Bonchev–Trinajstić information content (AvgIpc) is 2.24. The summed E-state index contributed by atoms with van der Waals surface area (Å²) in [4.78, 5) is 12.8. The summed E-state index contributed by atoms with van der Waals surface area (Å²) >= 11 is 0. The average molecular weight is 206 g/mol. The maximum atomic E-state index is 10.8. The Morgan fingerprint density at radius 3 is 2.27 bits per heavy atom. The van der Waals surface area contributed by atoms with E-state index in [1.54, 1.807) is 0 Å². The molecule has 0 heterocycles. The van der Waals surface area contributed by atoms with Gasteiger partial charge in [0.1, 0.15) is 0 Å². The van der Waals surface area contributed by atoms with Gasteiger partial charge in [-0.15, -0.1) is 13.2 Å². The van der Waals surface area contributed by atoms with E-state index in [1.807, 2.05) is 29.3 Å². The van der Waals surface area contributed by atoms with Gasteiger partial charge in [0.05, 0.1) is 0 Å². The van der Waals surface area contributed by atoms with Crippen molar-refractivity contribution >= 4 is 5.91 Å². The van der Waals surface area contributed by atoms with Crippen LogP contribution < -0.4 is 5.32 Å². The fourth-order valence-corrected chi connectivity index (χ4v) is 0.961. The molecular formula is C12H18N2O. The molecule has 0 spiro atoms. The summed E-state index contributed by atoms with van der Waals surface area (Å²) in [7, 11) is 0. The third kappa shape index (κ3) is 7.31. The minimum atomic E-state index is -0.168. The molecule has 0 aliphatic carbocycles. The van der Waals surface area contributed by atoms with Gasteiger partial charge in [-0.1, -0.05) is 18.7 Å². The van der Waals surface area contributed by atoms with E-state index in [4.69, 9.17) is 0 Å². The van der Waals surface area contributed by atoms with Gasteiger partial charge in [-0.3, -0.25) is 4.79 Å². The van der Waals surface area contributed by atoms with Gasteiger partial charge >= 0.3 is 0 Å². The van der Waals surface area contributed by atoms with Gasteiger partial charge in [0, 0.05) is 19.6 Å². The van der Waals surface area contributed by atoms with Crippen LogP contribution in [0.15, 0.2) is 50.2 Å². The predicted octanol–water partition coefficient (Wildman–Crippen LogP) is 1.48. The molecule has 0 bridgehead atoms. The Hall–Kier alpha value is -1.77. The highest BCUT2D eigenvalue weighted by atomic mass is 16.1. The van der Waals surface area contributed by atoms with E-state index >= 15 is 0 Å². The van der Waals surface area contributed by atoms with Crippen LogP contribution in [0.4, 0.5) is 0 Å². The molecule has 3 heteroatoms. The molecule has 82 valence electrons. The predicted molar refractivity (Wildman–Crippen MR) is 64.3 cm³/mol. The number of nitrogens with zero attached hydrogens (tertiary/aromatic N) is 1. The van der Waals surface area contributed by atoms with Crippen molar-refractivity contribution in [1.29, 1.82) is 0 Å². The lowest BCUT2D eigenvalue weighted by Gasteiger charge is -2.15. The van der Waals surface area contributed by atoms with Gasteiger partial charge in [-0.2, -0.15) is 0 Å². The second kappa shape index (κ2) is 8.81. The number of hydrogen-bond donors (Lipinski definition) is 1.